The number of hydrogen-bond acceptors (Lipinski definition) is 5. The van der Waals surface area contributed by atoms with Gasteiger partial charge in [-0.2, -0.15) is 0 Å². The first-order valence-corrected chi connectivity index (χ1v) is 7.25. The van der Waals surface area contributed by atoms with Crippen molar-refractivity contribution < 1.29 is 14.3 Å². The lowest BCUT2D eigenvalue weighted by molar-refractivity contribution is -0.142. The fraction of sp³-hybridized carbons (Fsp3) is 0.200. The van der Waals surface area contributed by atoms with Crippen LogP contribution in [0.5, 0.6) is 0 Å². The molecule has 0 bridgehead atoms. The third-order valence-electron chi connectivity index (χ3n) is 2.98. The summed E-state index contributed by atoms with van der Waals surface area (Å²) in [6.07, 6.45) is 0.366. The predicted molar refractivity (Wildman–Crippen MR) is 82.1 cm³/mol. The first-order chi connectivity index (χ1) is 10.1. The van der Waals surface area contributed by atoms with Gasteiger partial charge in [-0.05, 0) is 17.0 Å². The largest absolute Gasteiger partial charge is 0.467 e. The molecule has 110 valence electrons. The number of ether oxygens (including phenoxy) is 1. The van der Waals surface area contributed by atoms with Crippen LogP contribution in [-0.4, -0.2) is 25.0 Å². The number of thiophene rings is 1. The quantitative estimate of drug-likeness (QED) is 0.826. The number of carbonyl (C=O) groups excluding carboxylic acids is 2. The molecule has 1 aromatic carbocycles. The van der Waals surface area contributed by atoms with E-state index in [2.05, 4.69) is 5.32 Å². The fourth-order valence-corrected chi connectivity index (χ4v) is 2.63. The number of rotatable bonds is 5. The topological polar surface area (TPSA) is 81.4 Å². The van der Waals surface area contributed by atoms with Gasteiger partial charge in [0, 0.05) is 6.42 Å². The molecule has 3 N–H and O–H groups in total. The van der Waals surface area contributed by atoms with Crippen molar-refractivity contribution in [2.75, 3.05) is 12.8 Å². The summed E-state index contributed by atoms with van der Waals surface area (Å²) < 4.78 is 4.75. The lowest BCUT2D eigenvalue weighted by atomic mass is 10.1. The number of nitrogens with two attached hydrogens (primary N) is 1. The number of carbonyl (C=O) groups is 2. The van der Waals surface area contributed by atoms with E-state index in [1.165, 1.54) is 18.4 Å². The van der Waals surface area contributed by atoms with Crippen LogP contribution in [0.4, 0.5) is 5.69 Å². The summed E-state index contributed by atoms with van der Waals surface area (Å²) in [5.41, 5.74) is 7.05. The monoisotopic (exact) mass is 304 g/mol. The molecule has 0 saturated carbocycles. The third-order valence-corrected chi connectivity index (χ3v) is 3.90. The smallest absolute Gasteiger partial charge is 0.328 e. The Bertz CT molecular complexity index is 625. The van der Waals surface area contributed by atoms with E-state index < -0.39 is 12.0 Å². The molecule has 0 fully saturated rings. The predicted octanol–water partition coefficient (Wildman–Crippen LogP) is 1.84. The summed E-state index contributed by atoms with van der Waals surface area (Å²) >= 11 is 1.24. The molecule has 6 heteroatoms. The van der Waals surface area contributed by atoms with Crippen LogP contribution in [-0.2, 0) is 16.0 Å². The summed E-state index contributed by atoms with van der Waals surface area (Å²) in [6, 6.07) is 10.3. The molecule has 0 spiro atoms. The molecular formula is C15H16N2O3S. The molecule has 0 aliphatic heterocycles. The van der Waals surface area contributed by atoms with Gasteiger partial charge in [-0.3, -0.25) is 4.79 Å². The lowest BCUT2D eigenvalue weighted by Crippen LogP contribution is -2.43. The second-order valence-corrected chi connectivity index (χ2v) is 5.36. The van der Waals surface area contributed by atoms with Crippen LogP contribution < -0.4 is 11.1 Å². The Morgan fingerprint density at radius 2 is 2.00 bits per heavy atom. The highest BCUT2D eigenvalue weighted by Gasteiger charge is 2.23. The van der Waals surface area contributed by atoms with E-state index in [4.69, 9.17) is 10.5 Å². The van der Waals surface area contributed by atoms with Gasteiger partial charge in [-0.25, -0.2) is 4.79 Å². The standard InChI is InChI=1S/C15H16N2O3S/c1-20-15(19)12(9-10-5-3-2-4-6-10)17-14(18)13-11(16)7-8-21-13/h2-8,12H,9,16H2,1H3,(H,17,18). The molecule has 0 saturated heterocycles. The van der Waals surface area contributed by atoms with E-state index in [0.29, 0.717) is 17.0 Å². The van der Waals surface area contributed by atoms with E-state index in [1.807, 2.05) is 30.3 Å². The van der Waals surface area contributed by atoms with Crippen molar-refractivity contribution in [2.24, 2.45) is 0 Å². The van der Waals surface area contributed by atoms with Crippen molar-refractivity contribution in [3.63, 3.8) is 0 Å². The molecule has 2 rings (SSSR count). The number of methoxy groups -OCH3 is 1. The maximum atomic E-state index is 12.2. The van der Waals surface area contributed by atoms with E-state index >= 15 is 0 Å². The maximum absolute atomic E-state index is 12.2. The van der Waals surface area contributed by atoms with E-state index in [1.54, 1.807) is 11.4 Å². The van der Waals surface area contributed by atoms with Crippen LogP contribution >= 0.6 is 11.3 Å². The van der Waals surface area contributed by atoms with Gasteiger partial charge < -0.3 is 15.8 Å². The van der Waals surface area contributed by atoms with Crippen molar-refractivity contribution in [1.82, 2.24) is 5.32 Å². The van der Waals surface area contributed by atoms with Crippen molar-refractivity contribution >= 4 is 28.9 Å². The second-order valence-electron chi connectivity index (χ2n) is 4.44. The van der Waals surface area contributed by atoms with Crippen molar-refractivity contribution in [3.05, 3.63) is 52.2 Å². The Balaban J connectivity index is 2.12. The van der Waals surface area contributed by atoms with Crippen LogP contribution in [0.15, 0.2) is 41.8 Å². The van der Waals surface area contributed by atoms with Crippen molar-refractivity contribution in [2.45, 2.75) is 12.5 Å². The first kappa shape index (κ1) is 15.1. The average Bonchev–Trinajstić information content (AvgIpc) is 2.93. The summed E-state index contributed by atoms with van der Waals surface area (Å²) in [5.74, 6) is -0.851. The SMILES string of the molecule is COC(=O)C(Cc1ccccc1)NC(=O)c1sccc1N. The minimum Gasteiger partial charge on any atom is -0.467 e. The second kappa shape index (κ2) is 6.90. The highest BCUT2D eigenvalue weighted by atomic mass is 32.1. The van der Waals surface area contributed by atoms with Crippen LogP contribution in [0.25, 0.3) is 0 Å². The molecule has 1 amide bonds. The Hall–Kier alpha value is -2.34. The number of amides is 1. The Morgan fingerprint density at radius 1 is 1.29 bits per heavy atom. The van der Waals surface area contributed by atoms with Crippen LogP contribution in [0.3, 0.4) is 0 Å². The molecule has 0 aliphatic carbocycles. The average molecular weight is 304 g/mol. The fourth-order valence-electron chi connectivity index (χ4n) is 1.91. The number of benzene rings is 1. The Labute approximate surface area is 126 Å². The summed E-state index contributed by atoms with van der Waals surface area (Å²) in [6.45, 7) is 0. The van der Waals surface area contributed by atoms with Gasteiger partial charge in [0.1, 0.15) is 10.9 Å². The molecule has 1 atom stereocenters. The molecule has 0 radical (unpaired) electrons. The molecule has 0 aliphatic rings. The molecule has 5 nitrogen and oxygen atoms in total. The van der Waals surface area contributed by atoms with Gasteiger partial charge in [0.05, 0.1) is 12.8 Å². The number of hydrogen-bond donors (Lipinski definition) is 2. The molecule has 1 aromatic heterocycles. The molecule has 1 heterocycles. The van der Waals surface area contributed by atoms with Gasteiger partial charge in [0.25, 0.3) is 5.91 Å². The van der Waals surface area contributed by atoms with Crippen molar-refractivity contribution in [3.8, 4) is 0 Å². The van der Waals surface area contributed by atoms with E-state index in [9.17, 15) is 9.59 Å². The minimum atomic E-state index is -0.744. The van der Waals surface area contributed by atoms with E-state index in [0.717, 1.165) is 5.56 Å². The zero-order valence-corrected chi connectivity index (χ0v) is 12.4. The van der Waals surface area contributed by atoms with Gasteiger partial charge in [-0.15, -0.1) is 11.3 Å². The van der Waals surface area contributed by atoms with Gasteiger partial charge in [0.2, 0.25) is 0 Å². The van der Waals surface area contributed by atoms with Gasteiger partial charge in [-0.1, -0.05) is 30.3 Å². The molecule has 21 heavy (non-hydrogen) atoms. The summed E-state index contributed by atoms with van der Waals surface area (Å²) in [4.78, 5) is 24.4. The zero-order valence-electron chi connectivity index (χ0n) is 11.5. The lowest BCUT2D eigenvalue weighted by Gasteiger charge is -2.16. The number of anilines is 1. The van der Waals surface area contributed by atoms with Gasteiger partial charge >= 0.3 is 5.97 Å². The van der Waals surface area contributed by atoms with E-state index in [-0.39, 0.29) is 5.91 Å². The number of nitrogens with one attached hydrogen (secondary N) is 1. The first-order valence-electron chi connectivity index (χ1n) is 6.37. The zero-order chi connectivity index (χ0) is 15.2. The van der Waals surface area contributed by atoms with Crippen LogP contribution in [0.2, 0.25) is 0 Å². The molecule has 2 aromatic rings. The van der Waals surface area contributed by atoms with Gasteiger partial charge in [0.15, 0.2) is 0 Å². The molecular weight excluding hydrogens is 288 g/mol. The van der Waals surface area contributed by atoms with Crippen molar-refractivity contribution in [1.29, 1.82) is 0 Å². The highest BCUT2D eigenvalue weighted by Crippen LogP contribution is 2.18. The third kappa shape index (κ3) is 3.82. The molecule has 1 unspecified atom stereocenters. The number of nitrogen functional groups attached to an aromatic ring is 1. The van der Waals surface area contributed by atoms with Crippen LogP contribution in [0.1, 0.15) is 15.2 Å². The minimum absolute atomic E-state index is 0.366. The Morgan fingerprint density at radius 3 is 2.57 bits per heavy atom. The highest BCUT2D eigenvalue weighted by molar-refractivity contribution is 7.12. The summed E-state index contributed by atoms with van der Waals surface area (Å²) in [5, 5.41) is 4.41. The number of esters is 1. The van der Waals surface area contributed by atoms with Crippen LogP contribution in [0, 0.1) is 0 Å². The summed E-state index contributed by atoms with van der Waals surface area (Å²) in [7, 11) is 1.30. The normalized spacial score (nSPS) is 11.7. The Kier molecular flexibility index (Phi) is 4.94. The maximum Gasteiger partial charge on any atom is 0.328 e.